The van der Waals surface area contributed by atoms with Gasteiger partial charge in [-0.15, -0.1) is 6.58 Å². The maximum Gasteiger partial charge on any atom is 0.0223 e. The maximum atomic E-state index is 3.84. The summed E-state index contributed by atoms with van der Waals surface area (Å²) >= 11 is 0. The molecule has 1 unspecified atom stereocenters. The first-order valence-corrected chi connectivity index (χ1v) is 6.40. The fourth-order valence-corrected chi connectivity index (χ4v) is 2.04. The summed E-state index contributed by atoms with van der Waals surface area (Å²) in [5, 5.41) is 3.64. The van der Waals surface area contributed by atoms with Crippen LogP contribution in [-0.4, -0.2) is 36.6 Å². The van der Waals surface area contributed by atoms with Gasteiger partial charge >= 0.3 is 0 Å². The highest BCUT2D eigenvalue weighted by atomic mass is 15.2. The van der Waals surface area contributed by atoms with Crippen LogP contribution in [0.4, 0.5) is 0 Å². The summed E-state index contributed by atoms with van der Waals surface area (Å²) in [4.78, 5) is 2.52. The van der Waals surface area contributed by atoms with Crippen molar-refractivity contribution in [3.05, 3.63) is 12.7 Å². The summed E-state index contributed by atoms with van der Waals surface area (Å²) in [6.07, 6.45) is 7.34. The summed E-state index contributed by atoms with van der Waals surface area (Å²) in [7, 11) is 0. The van der Waals surface area contributed by atoms with Gasteiger partial charge in [0.05, 0.1) is 0 Å². The molecular weight excluding hydrogens is 184 g/mol. The molecule has 0 aromatic carbocycles. The third kappa shape index (κ3) is 4.80. The molecule has 0 aromatic rings. The van der Waals surface area contributed by atoms with Gasteiger partial charge in [0.2, 0.25) is 0 Å². The molecule has 1 aliphatic carbocycles. The Morgan fingerprint density at radius 2 is 2.20 bits per heavy atom. The highest BCUT2D eigenvalue weighted by molar-refractivity contribution is 4.85. The molecule has 15 heavy (non-hydrogen) atoms. The van der Waals surface area contributed by atoms with E-state index in [-0.39, 0.29) is 0 Å². The Morgan fingerprint density at radius 1 is 1.47 bits per heavy atom. The first-order chi connectivity index (χ1) is 7.31. The Morgan fingerprint density at radius 3 is 2.67 bits per heavy atom. The van der Waals surface area contributed by atoms with Crippen molar-refractivity contribution in [1.82, 2.24) is 10.2 Å². The van der Waals surface area contributed by atoms with Gasteiger partial charge in [0.15, 0.2) is 0 Å². The molecule has 1 rings (SSSR count). The zero-order valence-corrected chi connectivity index (χ0v) is 10.3. The molecule has 2 heteroatoms. The summed E-state index contributed by atoms with van der Waals surface area (Å²) < 4.78 is 0. The molecule has 1 N–H and O–H groups in total. The molecule has 0 bridgehead atoms. The summed E-state index contributed by atoms with van der Waals surface area (Å²) in [5.74, 6) is 0. The van der Waals surface area contributed by atoms with Crippen LogP contribution in [0.5, 0.6) is 0 Å². The second kappa shape index (κ2) is 7.02. The van der Waals surface area contributed by atoms with Crippen LogP contribution in [-0.2, 0) is 0 Å². The molecule has 2 nitrogen and oxygen atoms in total. The average molecular weight is 210 g/mol. The van der Waals surface area contributed by atoms with Gasteiger partial charge in [-0.1, -0.05) is 26.3 Å². The first-order valence-electron chi connectivity index (χ1n) is 6.40. The molecule has 0 saturated heterocycles. The first kappa shape index (κ1) is 12.7. The summed E-state index contributed by atoms with van der Waals surface area (Å²) in [6, 6.07) is 1.52. The molecule has 1 saturated carbocycles. The highest BCUT2D eigenvalue weighted by Gasteiger charge is 2.23. The van der Waals surface area contributed by atoms with Gasteiger partial charge in [-0.25, -0.2) is 0 Å². The van der Waals surface area contributed by atoms with Crippen molar-refractivity contribution < 1.29 is 0 Å². The van der Waals surface area contributed by atoms with Crippen molar-refractivity contribution in [3.63, 3.8) is 0 Å². The van der Waals surface area contributed by atoms with E-state index in [1.807, 2.05) is 6.08 Å². The van der Waals surface area contributed by atoms with E-state index in [0.29, 0.717) is 6.04 Å². The molecule has 0 aliphatic heterocycles. The molecule has 0 heterocycles. The number of hydrogen-bond acceptors (Lipinski definition) is 2. The van der Waals surface area contributed by atoms with Gasteiger partial charge in [-0.2, -0.15) is 0 Å². The van der Waals surface area contributed by atoms with Gasteiger partial charge in [0.25, 0.3) is 0 Å². The standard InChI is InChI=1S/C13H26N2/c1-4-7-13(11-14-12-8-9-12)15(6-3)10-5-2/h5,12-14H,2,4,6-11H2,1,3H3. The predicted molar refractivity (Wildman–Crippen MR) is 67.2 cm³/mol. The molecule has 0 aromatic heterocycles. The van der Waals surface area contributed by atoms with Gasteiger partial charge in [0, 0.05) is 25.2 Å². The van der Waals surface area contributed by atoms with Crippen LogP contribution >= 0.6 is 0 Å². The molecule has 0 radical (unpaired) electrons. The SMILES string of the molecule is C=CCN(CC)C(CCC)CNC1CC1. The van der Waals surface area contributed by atoms with Crippen molar-refractivity contribution in [3.8, 4) is 0 Å². The monoisotopic (exact) mass is 210 g/mol. The van der Waals surface area contributed by atoms with Crippen molar-refractivity contribution in [1.29, 1.82) is 0 Å². The second-order valence-corrected chi connectivity index (χ2v) is 4.50. The van der Waals surface area contributed by atoms with E-state index < -0.39 is 0 Å². The van der Waals surface area contributed by atoms with Crippen LogP contribution in [0, 0.1) is 0 Å². The van der Waals surface area contributed by atoms with E-state index in [9.17, 15) is 0 Å². The number of hydrogen-bond donors (Lipinski definition) is 1. The zero-order valence-electron chi connectivity index (χ0n) is 10.3. The fraction of sp³-hybridized carbons (Fsp3) is 0.846. The van der Waals surface area contributed by atoms with E-state index in [2.05, 4.69) is 30.6 Å². The smallest absolute Gasteiger partial charge is 0.0223 e. The van der Waals surface area contributed by atoms with E-state index in [1.54, 1.807) is 0 Å². The van der Waals surface area contributed by atoms with Gasteiger partial charge < -0.3 is 5.32 Å². The Balaban J connectivity index is 2.32. The molecule has 1 aliphatic rings. The molecule has 1 fully saturated rings. The van der Waals surface area contributed by atoms with Crippen LogP contribution in [0.25, 0.3) is 0 Å². The van der Waals surface area contributed by atoms with Crippen molar-refractivity contribution in [2.45, 2.75) is 51.6 Å². The third-order valence-corrected chi connectivity index (χ3v) is 3.13. The maximum absolute atomic E-state index is 3.84. The lowest BCUT2D eigenvalue weighted by atomic mass is 10.1. The van der Waals surface area contributed by atoms with E-state index in [0.717, 1.165) is 25.7 Å². The number of rotatable bonds is 9. The molecule has 88 valence electrons. The molecule has 0 amide bonds. The minimum atomic E-state index is 0.693. The van der Waals surface area contributed by atoms with Crippen LogP contribution in [0.3, 0.4) is 0 Å². The fourth-order valence-electron chi connectivity index (χ4n) is 2.04. The highest BCUT2D eigenvalue weighted by Crippen LogP contribution is 2.19. The molecule has 1 atom stereocenters. The second-order valence-electron chi connectivity index (χ2n) is 4.50. The molecule has 0 spiro atoms. The normalized spacial score (nSPS) is 18.1. The predicted octanol–water partition coefficient (Wildman–Crippen LogP) is 2.42. The van der Waals surface area contributed by atoms with Crippen LogP contribution in [0.2, 0.25) is 0 Å². The minimum Gasteiger partial charge on any atom is -0.312 e. The van der Waals surface area contributed by atoms with Crippen LogP contribution in [0.15, 0.2) is 12.7 Å². The van der Waals surface area contributed by atoms with Crippen LogP contribution < -0.4 is 5.32 Å². The molecular formula is C13H26N2. The number of nitrogens with one attached hydrogen (secondary N) is 1. The van der Waals surface area contributed by atoms with Gasteiger partial charge in [0.1, 0.15) is 0 Å². The number of nitrogens with zero attached hydrogens (tertiary/aromatic N) is 1. The Bertz CT molecular complexity index is 175. The van der Waals surface area contributed by atoms with Gasteiger partial charge in [-0.3, -0.25) is 4.90 Å². The largest absolute Gasteiger partial charge is 0.312 e. The van der Waals surface area contributed by atoms with Crippen molar-refractivity contribution in [2.75, 3.05) is 19.6 Å². The lowest BCUT2D eigenvalue weighted by molar-refractivity contribution is 0.209. The van der Waals surface area contributed by atoms with Crippen LogP contribution in [0.1, 0.15) is 39.5 Å². The van der Waals surface area contributed by atoms with E-state index >= 15 is 0 Å². The Hall–Kier alpha value is -0.340. The Kier molecular flexibility index (Phi) is 5.96. The lowest BCUT2D eigenvalue weighted by Crippen LogP contribution is -2.42. The minimum absolute atomic E-state index is 0.693. The third-order valence-electron chi connectivity index (χ3n) is 3.13. The van der Waals surface area contributed by atoms with E-state index in [1.165, 1.54) is 25.7 Å². The van der Waals surface area contributed by atoms with E-state index in [4.69, 9.17) is 0 Å². The Labute approximate surface area is 94.7 Å². The average Bonchev–Trinajstić information content (AvgIpc) is 3.05. The summed E-state index contributed by atoms with van der Waals surface area (Å²) in [5.41, 5.74) is 0. The lowest BCUT2D eigenvalue weighted by Gasteiger charge is -2.30. The summed E-state index contributed by atoms with van der Waals surface area (Å²) in [6.45, 7) is 11.6. The quantitative estimate of drug-likeness (QED) is 0.588. The zero-order chi connectivity index (χ0) is 11.1. The van der Waals surface area contributed by atoms with Gasteiger partial charge in [-0.05, 0) is 25.8 Å². The number of likely N-dealkylation sites (N-methyl/N-ethyl adjacent to an activating group) is 1. The van der Waals surface area contributed by atoms with Crippen molar-refractivity contribution in [2.24, 2.45) is 0 Å². The van der Waals surface area contributed by atoms with Crippen molar-refractivity contribution >= 4 is 0 Å². The topological polar surface area (TPSA) is 15.3 Å².